The van der Waals surface area contributed by atoms with Crippen LogP contribution >= 0.6 is 23.1 Å². The van der Waals surface area contributed by atoms with Crippen LogP contribution in [-0.2, 0) is 4.74 Å². The molecule has 3 rings (SSSR count). The van der Waals surface area contributed by atoms with Gasteiger partial charge in [0, 0.05) is 17.7 Å². The van der Waals surface area contributed by atoms with Gasteiger partial charge in [-0.05, 0) is 50.0 Å². The van der Waals surface area contributed by atoms with E-state index in [2.05, 4.69) is 4.98 Å². The summed E-state index contributed by atoms with van der Waals surface area (Å²) >= 11 is 3.60. The van der Waals surface area contributed by atoms with E-state index in [1.54, 1.807) is 11.3 Å². The van der Waals surface area contributed by atoms with Crippen LogP contribution in [0.4, 0.5) is 0 Å². The maximum Gasteiger partial charge on any atom is 0.122 e. The summed E-state index contributed by atoms with van der Waals surface area (Å²) in [6, 6.07) is 0. The standard InChI is InChI=1S/C14H21NO2S2/c1-10-9-19-13(15-10)12(16)11-2-5-17-14(8-11)3-6-18-7-4-14/h9,11-12,16H,2-8H2,1H3. The van der Waals surface area contributed by atoms with Crippen molar-refractivity contribution in [2.24, 2.45) is 5.92 Å². The number of hydrogen-bond acceptors (Lipinski definition) is 5. The van der Waals surface area contributed by atoms with Gasteiger partial charge < -0.3 is 9.84 Å². The van der Waals surface area contributed by atoms with Crippen molar-refractivity contribution in [2.75, 3.05) is 18.1 Å². The molecule has 0 amide bonds. The first kappa shape index (κ1) is 13.9. The number of aliphatic hydroxyl groups excluding tert-OH is 1. The number of aromatic nitrogens is 1. The van der Waals surface area contributed by atoms with Crippen LogP contribution in [0.5, 0.6) is 0 Å². The van der Waals surface area contributed by atoms with E-state index in [9.17, 15) is 5.11 Å². The minimum Gasteiger partial charge on any atom is -0.386 e. The number of rotatable bonds is 2. The highest BCUT2D eigenvalue weighted by molar-refractivity contribution is 7.99. The predicted octanol–water partition coefficient (Wildman–Crippen LogP) is 3.18. The van der Waals surface area contributed by atoms with Crippen molar-refractivity contribution in [1.82, 2.24) is 4.98 Å². The van der Waals surface area contributed by atoms with E-state index < -0.39 is 6.10 Å². The van der Waals surface area contributed by atoms with Crippen molar-refractivity contribution in [3.63, 3.8) is 0 Å². The molecule has 2 fully saturated rings. The van der Waals surface area contributed by atoms with Gasteiger partial charge in [-0.3, -0.25) is 0 Å². The molecular formula is C14H21NO2S2. The molecule has 0 aromatic carbocycles. The van der Waals surface area contributed by atoms with Gasteiger partial charge in [-0.25, -0.2) is 4.98 Å². The van der Waals surface area contributed by atoms with E-state index in [-0.39, 0.29) is 5.60 Å². The van der Waals surface area contributed by atoms with E-state index in [1.807, 2.05) is 24.1 Å². The molecule has 2 atom stereocenters. The van der Waals surface area contributed by atoms with Crippen LogP contribution in [0.25, 0.3) is 0 Å². The van der Waals surface area contributed by atoms with E-state index >= 15 is 0 Å². The second-order valence-corrected chi connectivity index (χ2v) is 7.78. The number of thioether (sulfide) groups is 1. The molecular weight excluding hydrogens is 278 g/mol. The Morgan fingerprint density at radius 1 is 1.47 bits per heavy atom. The van der Waals surface area contributed by atoms with E-state index in [0.29, 0.717) is 5.92 Å². The number of thiazole rings is 1. The van der Waals surface area contributed by atoms with Gasteiger partial charge in [0.05, 0.1) is 5.60 Å². The lowest BCUT2D eigenvalue weighted by molar-refractivity contribution is -0.121. The number of ether oxygens (including phenoxy) is 1. The lowest BCUT2D eigenvalue weighted by Crippen LogP contribution is -2.44. The van der Waals surface area contributed by atoms with Crippen LogP contribution in [0.3, 0.4) is 0 Å². The quantitative estimate of drug-likeness (QED) is 0.911. The number of aliphatic hydroxyl groups is 1. The molecule has 19 heavy (non-hydrogen) atoms. The molecule has 2 aliphatic heterocycles. The Morgan fingerprint density at radius 2 is 2.26 bits per heavy atom. The molecule has 5 heteroatoms. The Kier molecular flexibility index (Phi) is 4.17. The maximum absolute atomic E-state index is 10.6. The van der Waals surface area contributed by atoms with Crippen LogP contribution in [0.2, 0.25) is 0 Å². The van der Waals surface area contributed by atoms with Crippen molar-refractivity contribution < 1.29 is 9.84 Å². The molecule has 0 saturated carbocycles. The fourth-order valence-electron chi connectivity index (χ4n) is 3.14. The van der Waals surface area contributed by atoms with Crippen LogP contribution in [0, 0.1) is 12.8 Å². The molecule has 0 radical (unpaired) electrons. The Hall–Kier alpha value is -0.100. The molecule has 1 N–H and O–H groups in total. The van der Waals surface area contributed by atoms with Gasteiger partial charge >= 0.3 is 0 Å². The Morgan fingerprint density at radius 3 is 2.95 bits per heavy atom. The molecule has 2 aliphatic rings. The normalized spacial score (nSPS) is 28.4. The molecule has 0 bridgehead atoms. The van der Waals surface area contributed by atoms with Gasteiger partial charge in [0.2, 0.25) is 0 Å². The largest absolute Gasteiger partial charge is 0.386 e. The van der Waals surface area contributed by atoms with Gasteiger partial charge in [-0.1, -0.05) is 0 Å². The molecule has 0 aliphatic carbocycles. The Labute approximate surface area is 122 Å². The predicted molar refractivity (Wildman–Crippen MR) is 79.8 cm³/mol. The van der Waals surface area contributed by atoms with Crippen LogP contribution in [-0.4, -0.2) is 33.8 Å². The van der Waals surface area contributed by atoms with Gasteiger partial charge in [0.1, 0.15) is 11.1 Å². The zero-order valence-corrected chi connectivity index (χ0v) is 12.9. The van der Waals surface area contributed by atoms with E-state index in [1.165, 1.54) is 11.5 Å². The Balaban J connectivity index is 1.70. The summed E-state index contributed by atoms with van der Waals surface area (Å²) in [5.74, 6) is 2.70. The first-order valence-corrected chi connectivity index (χ1v) is 9.04. The van der Waals surface area contributed by atoms with Crippen LogP contribution in [0.1, 0.15) is 42.5 Å². The summed E-state index contributed by atoms with van der Waals surface area (Å²) in [6.07, 6.45) is 3.81. The summed E-state index contributed by atoms with van der Waals surface area (Å²) in [7, 11) is 0. The first-order chi connectivity index (χ1) is 9.19. The maximum atomic E-state index is 10.6. The summed E-state index contributed by atoms with van der Waals surface area (Å²) in [4.78, 5) is 4.44. The fourth-order valence-corrected chi connectivity index (χ4v) is 5.25. The topological polar surface area (TPSA) is 42.4 Å². The molecule has 3 heterocycles. The minimum atomic E-state index is -0.408. The molecule has 106 valence electrons. The lowest BCUT2D eigenvalue weighted by atomic mass is 9.79. The molecule has 3 nitrogen and oxygen atoms in total. The van der Waals surface area contributed by atoms with E-state index in [0.717, 1.165) is 43.0 Å². The van der Waals surface area contributed by atoms with E-state index in [4.69, 9.17) is 4.74 Å². The summed E-state index contributed by atoms with van der Waals surface area (Å²) < 4.78 is 6.09. The third-order valence-electron chi connectivity index (χ3n) is 4.27. The van der Waals surface area contributed by atoms with Crippen LogP contribution in [0.15, 0.2) is 5.38 Å². The van der Waals surface area contributed by atoms with Crippen molar-refractivity contribution in [2.45, 2.75) is 44.3 Å². The van der Waals surface area contributed by atoms with Gasteiger partial charge in [-0.2, -0.15) is 11.8 Å². The second kappa shape index (κ2) is 5.72. The van der Waals surface area contributed by atoms with Crippen molar-refractivity contribution in [1.29, 1.82) is 0 Å². The molecule has 1 spiro atoms. The highest BCUT2D eigenvalue weighted by Crippen LogP contribution is 2.43. The van der Waals surface area contributed by atoms with Gasteiger partial charge in [-0.15, -0.1) is 11.3 Å². The summed E-state index contributed by atoms with van der Waals surface area (Å²) in [5.41, 5.74) is 1.05. The molecule has 1 aromatic heterocycles. The SMILES string of the molecule is Cc1csc(C(O)C2CCOC3(CCSCC3)C2)n1. The monoisotopic (exact) mass is 299 g/mol. The average Bonchev–Trinajstić information content (AvgIpc) is 2.85. The summed E-state index contributed by atoms with van der Waals surface area (Å²) in [5, 5.41) is 13.5. The van der Waals surface area contributed by atoms with Gasteiger partial charge in [0.15, 0.2) is 0 Å². The third kappa shape index (κ3) is 2.99. The fraction of sp³-hybridized carbons (Fsp3) is 0.786. The average molecular weight is 299 g/mol. The number of hydrogen-bond donors (Lipinski definition) is 1. The number of aryl methyl sites for hydroxylation is 1. The highest BCUT2D eigenvalue weighted by atomic mass is 32.2. The molecule has 2 saturated heterocycles. The first-order valence-electron chi connectivity index (χ1n) is 7.00. The van der Waals surface area contributed by atoms with Crippen molar-refractivity contribution in [3.05, 3.63) is 16.1 Å². The molecule has 1 aromatic rings. The zero-order valence-electron chi connectivity index (χ0n) is 11.3. The second-order valence-electron chi connectivity index (χ2n) is 5.67. The molecule has 2 unspecified atom stereocenters. The van der Waals surface area contributed by atoms with Gasteiger partial charge in [0.25, 0.3) is 0 Å². The lowest BCUT2D eigenvalue weighted by Gasteiger charge is -2.44. The smallest absolute Gasteiger partial charge is 0.122 e. The van der Waals surface area contributed by atoms with Crippen molar-refractivity contribution >= 4 is 23.1 Å². The summed E-state index contributed by atoms with van der Waals surface area (Å²) in [6.45, 7) is 2.77. The van der Waals surface area contributed by atoms with Crippen molar-refractivity contribution in [3.8, 4) is 0 Å². The highest BCUT2D eigenvalue weighted by Gasteiger charge is 2.41. The third-order valence-corrected chi connectivity index (χ3v) is 6.29. The Bertz CT molecular complexity index is 423. The number of nitrogens with zero attached hydrogens (tertiary/aromatic N) is 1. The van der Waals surface area contributed by atoms with Crippen LogP contribution < -0.4 is 0 Å². The minimum absolute atomic E-state index is 0.0431. The zero-order chi connectivity index (χ0) is 13.3.